The quantitative estimate of drug-likeness (QED) is 0.380. The summed E-state index contributed by atoms with van der Waals surface area (Å²) in [6, 6.07) is 4.76. The van der Waals surface area contributed by atoms with Crippen molar-refractivity contribution in [1.29, 1.82) is 0 Å². The molecule has 0 aliphatic heterocycles. The molecule has 0 bridgehead atoms. The maximum absolute atomic E-state index is 10.5. The molecule has 0 radical (unpaired) electrons. The third-order valence-electron chi connectivity index (χ3n) is 2.24. The molecule has 1 aromatic rings. The minimum Gasteiger partial charge on any atom is -0.313 e. The van der Waals surface area contributed by atoms with Gasteiger partial charge in [-0.05, 0) is 24.6 Å². The van der Waals surface area contributed by atoms with Crippen molar-refractivity contribution < 1.29 is 4.92 Å². The van der Waals surface area contributed by atoms with Gasteiger partial charge in [0.15, 0.2) is 0 Å². The normalized spacial score (nSPS) is 9.88. The monoisotopic (exact) mass is 296 g/mol. The fraction of sp³-hybridized carbons (Fsp3) is 0.333. The van der Waals surface area contributed by atoms with Crippen LogP contribution < -0.4 is 5.32 Å². The summed E-state index contributed by atoms with van der Waals surface area (Å²) in [4.78, 5) is 10.1. The van der Waals surface area contributed by atoms with Crippen LogP contribution in [0.4, 0.5) is 5.69 Å². The number of nitro groups is 1. The van der Waals surface area contributed by atoms with Crippen molar-refractivity contribution >= 4 is 21.6 Å². The summed E-state index contributed by atoms with van der Waals surface area (Å²) in [5.41, 5.74) is 1.09. The minimum atomic E-state index is -0.408. The summed E-state index contributed by atoms with van der Waals surface area (Å²) in [6.45, 7) is 1.51. The highest BCUT2D eigenvalue weighted by molar-refractivity contribution is 9.10. The van der Waals surface area contributed by atoms with Crippen molar-refractivity contribution in [2.24, 2.45) is 0 Å². The number of terminal acetylenes is 1. The summed E-state index contributed by atoms with van der Waals surface area (Å²) < 4.78 is 0.746. The van der Waals surface area contributed by atoms with E-state index in [-0.39, 0.29) is 5.69 Å². The van der Waals surface area contributed by atoms with Crippen molar-refractivity contribution in [3.05, 3.63) is 38.3 Å². The Morgan fingerprint density at radius 1 is 1.53 bits per heavy atom. The Balaban J connectivity index is 2.50. The molecule has 0 spiro atoms. The number of nitro benzene ring substituents is 1. The lowest BCUT2D eigenvalue weighted by Gasteiger charge is -2.05. The highest BCUT2D eigenvalue weighted by Gasteiger charge is 2.08. The maximum atomic E-state index is 10.5. The van der Waals surface area contributed by atoms with Crippen molar-refractivity contribution in [3.63, 3.8) is 0 Å². The fourth-order valence-corrected chi connectivity index (χ4v) is 1.84. The van der Waals surface area contributed by atoms with Crippen LogP contribution in [0.3, 0.4) is 0 Å². The van der Waals surface area contributed by atoms with E-state index in [9.17, 15) is 10.1 Å². The van der Waals surface area contributed by atoms with Gasteiger partial charge in [-0.2, -0.15) is 0 Å². The van der Waals surface area contributed by atoms with Gasteiger partial charge in [-0.3, -0.25) is 10.1 Å². The van der Waals surface area contributed by atoms with Crippen molar-refractivity contribution in [2.75, 3.05) is 6.54 Å². The second-order valence-corrected chi connectivity index (χ2v) is 4.37. The van der Waals surface area contributed by atoms with Crippen LogP contribution in [-0.2, 0) is 6.54 Å². The molecule has 90 valence electrons. The predicted molar refractivity (Wildman–Crippen MR) is 70.6 cm³/mol. The Kier molecular flexibility index (Phi) is 5.67. The third-order valence-corrected chi connectivity index (χ3v) is 2.98. The van der Waals surface area contributed by atoms with Gasteiger partial charge in [0.1, 0.15) is 0 Å². The van der Waals surface area contributed by atoms with Gasteiger partial charge in [-0.25, -0.2) is 0 Å². The number of nitrogens with zero attached hydrogens (tertiary/aromatic N) is 1. The molecule has 1 aromatic carbocycles. The van der Waals surface area contributed by atoms with Gasteiger partial charge in [-0.1, -0.05) is 15.9 Å². The van der Waals surface area contributed by atoms with Gasteiger partial charge in [-0.15, -0.1) is 12.3 Å². The van der Waals surface area contributed by atoms with Crippen LogP contribution >= 0.6 is 15.9 Å². The van der Waals surface area contributed by atoms with Crippen LogP contribution in [0.5, 0.6) is 0 Å². The Hall–Kier alpha value is -1.38. The second kappa shape index (κ2) is 7.05. The predicted octanol–water partition coefficient (Wildman–Crippen LogP) is 2.86. The number of hydrogen-bond acceptors (Lipinski definition) is 3. The molecule has 0 saturated carbocycles. The molecule has 0 aromatic heterocycles. The summed E-state index contributed by atoms with van der Waals surface area (Å²) in [6.07, 6.45) is 6.83. The number of nitrogens with one attached hydrogen (secondary N) is 1. The van der Waals surface area contributed by atoms with Gasteiger partial charge in [0.2, 0.25) is 0 Å². The van der Waals surface area contributed by atoms with E-state index in [0.29, 0.717) is 6.54 Å². The Morgan fingerprint density at radius 2 is 2.29 bits per heavy atom. The highest BCUT2D eigenvalue weighted by atomic mass is 79.9. The zero-order valence-electron chi connectivity index (χ0n) is 9.28. The molecule has 4 nitrogen and oxygen atoms in total. The van der Waals surface area contributed by atoms with E-state index in [2.05, 4.69) is 27.2 Å². The molecule has 0 unspecified atom stereocenters. The molecule has 0 atom stereocenters. The lowest BCUT2D eigenvalue weighted by atomic mass is 10.2. The first-order valence-electron chi connectivity index (χ1n) is 5.22. The largest absolute Gasteiger partial charge is 0.313 e. The van der Waals surface area contributed by atoms with E-state index in [1.807, 2.05) is 0 Å². The van der Waals surface area contributed by atoms with E-state index < -0.39 is 4.92 Å². The van der Waals surface area contributed by atoms with Crippen LogP contribution in [0.25, 0.3) is 0 Å². The van der Waals surface area contributed by atoms with Gasteiger partial charge >= 0.3 is 0 Å². The molecule has 0 saturated heterocycles. The van der Waals surface area contributed by atoms with Gasteiger partial charge in [0.25, 0.3) is 5.69 Å². The van der Waals surface area contributed by atoms with Gasteiger partial charge in [0.05, 0.1) is 4.92 Å². The van der Waals surface area contributed by atoms with Crippen molar-refractivity contribution in [1.82, 2.24) is 5.32 Å². The first kappa shape index (κ1) is 13.7. The molecule has 0 aliphatic rings. The number of unbranched alkanes of at least 4 members (excludes halogenated alkanes) is 1. The Labute approximate surface area is 109 Å². The summed E-state index contributed by atoms with van der Waals surface area (Å²) in [5.74, 6) is 2.57. The van der Waals surface area contributed by atoms with E-state index in [1.54, 1.807) is 6.07 Å². The number of benzene rings is 1. The summed E-state index contributed by atoms with van der Waals surface area (Å²) in [7, 11) is 0. The molecular weight excluding hydrogens is 284 g/mol. The topological polar surface area (TPSA) is 55.2 Å². The zero-order valence-corrected chi connectivity index (χ0v) is 10.9. The molecular formula is C12H13BrN2O2. The first-order valence-corrected chi connectivity index (χ1v) is 6.01. The maximum Gasteiger partial charge on any atom is 0.270 e. The van der Waals surface area contributed by atoms with Gasteiger partial charge < -0.3 is 5.32 Å². The van der Waals surface area contributed by atoms with Crippen molar-refractivity contribution in [2.45, 2.75) is 19.4 Å². The SMILES string of the molecule is C#CCCCNCc1ccc([N+](=O)[O-])cc1Br. The Bertz CT molecular complexity index is 441. The summed E-state index contributed by atoms with van der Waals surface area (Å²) in [5, 5.41) is 13.8. The minimum absolute atomic E-state index is 0.0907. The third kappa shape index (κ3) is 4.55. The smallest absolute Gasteiger partial charge is 0.270 e. The standard InChI is InChI=1S/C12H13BrN2O2/c1-2-3-4-7-14-9-10-5-6-11(15(16)17)8-12(10)13/h1,5-6,8,14H,3-4,7,9H2. The number of non-ortho nitro benzene ring substituents is 1. The Morgan fingerprint density at radius 3 is 2.88 bits per heavy atom. The fourth-order valence-electron chi connectivity index (χ4n) is 1.33. The molecule has 0 fully saturated rings. The van der Waals surface area contributed by atoms with Crippen LogP contribution in [0.15, 0.2) is 22.7 Å². The average molecular weight is 297 g/mol. The molecule has 0 aliphatic carbocycles. The van der Waals surface area contributed by atoms with E-state index in [1.165, 1.54) is 12.1 Å². The van der Waals surface area contributed by atoms with Crippen LogP contribution in [0, 0.1) is 22.5 Å². The molecule has 5 heteroatoms. The van der Waals surface area contributed by atoms with E-state index in [4.69, 9.17) is 6.42 Å². The van der Waals surface area contributed by atoms with Gasteiger partial charge in [0, 0.05) is 29.6 Å². The highest BCUT2D eigenvalue weighted by Crippen LogP contribution is 2.22. The van der Waals surface area contributed by atoms with Crippen LogP contribution in [0.1, 0.15) is 18.4 Å². The number of hydrogen-bond donors (Lipinski definition) is 1. The van der Waals surface area contributed by atoms with E-state index >= 15 is 0 Å². The van der Waals surface area contributed by atoms with Crippen molar-refractivity contribution in [3.8, 4) is 12.3 Å². The van der Waals surface area contributed by atoms with Crippen LogP contribution in [0.2, 0.25) is 0 Å². The average Bonchev–Trinajstić information content (AvgIpc) is 2.30. The van der Waals surface area contributed by atoms with Crippen LogP contribution in [-0.4, -0.2) is 11.5 Å². The molecule has 17 heavy (non-hydrogen) atoms. The molecule has 1 N–H and O–H groups in total. The van der Waals surface area contributed by atoms with E-state index in [0.717, 1.165) is 29.4 Å². The molecule has 0 heterocycles. The molecule has 1 rings (SSSR count). The number of rotatable bonds is 6. The first-order chi connectivity index (χ1) is 8.15. The number of halogens is 1. The molecule has 0 amide bonds. The lowest BCUT2D eigenvalue weighted by molar-refractivity contribution is -0.384. The zero-order chi connectivity index (χ0) is 12.7. The second-order valence-electron chi connectivity index (χ2n) is 3.52. The lowest BCUT2D eigenvalue weighted by Crippen LogP contribution is -2.14. The summed E-state index contributed by atoms with van der Waals surface area (Å²) >= 11 is 3.32.